The van der Waals surface area contributed by atoms with Crippen molar-refractivity contribution in [3.8, 4) is 0 Å². The van der Waals surface area contributed by atoms with Gasteiger partial charge < -0.3 is 4.57 Å². The van der Waals surface area contributed by atoms with Gasteiger partial charge in [0.25, 0.3) is 0 Å². The predicted octanol–water partition coefficient (Wildman–Crippen LogP) is 3.64. The summed E-state index contributed by atoms with van der Waals surface area (Å²) in [6.45, 7) is 0. The summed E-state index contributed by atoms with van der Waals surface area (Å²) < 4.78 is 11.0. The third-order valence-electron chi connectivity index (χ3n) is 2.08. The molecule has 0 aliphatic rings. The van der Waals surface area contributed by atoms with E-state index >= 15 is 0 Å². The molecule has 1 rings (SSSR count). The predicted molar refractivity (Wildman–Crippen MR) is 64.4 cm³/mol. The van der Waals surface area contributed by atoms with Gasteiger partial charge in [-0.1, -0.05) is 41.6 Å². The Morgan fingerprint density at radius 3 is 2.40 bits per heavy atom. The molecule has 0 fully saturated rings. The van der Waals surface area contributed by atoms with Crippen LogP contribution >= 0.6 is 30.0 Å². The van der Waals surface area contributed by atoms with Crippen molar-refractivity contribution in [1.29, 1.82) is 0 Å². The molecule has 0 radical (unpaired) electrons. The second-order valence-electron chi connectivity index (χ2n) is 3.23. The molecule has 0 N–H and O–H groups in total. The highest BCUT2D eigenvalue weighted by Crippen LogP contribution is 2.35. The van der Waals surface area contributed by atoms with Gasteiger partial charge in [0.05, 0.1) is 0 Å². The van der Waals surface area contributed by atoms with Crippen molar-refractivity contribution in [2.24, 2.45) is 0 Å². The van der Waals surface area contributed by atoms with Gasteiger partial charge in [-0.15, -0.1) is 0 Å². The van der Waals surface area contributed by atoms with Gasteiger partial charge in [-0.25, -0.2) is 0 Å². The zero-order valence-corrected chi connectivity index (χ0v) is 10.5. The van der Waals surface area contributed by atoms with Crippen molar-refractivity contribution in [3.63, 3.8) is 0 Å². The first-order valence-corrected chi connectivity index (χ1v) is 7.51. The summed E-state index contributed by atoms with van der Waals surface area (Å²) in [4.78, 5) is 10.8. The average Bonchev–Trinajstić information content (AvgIpc) is 2.17. The maximum absolute atomic E-state index is 11.0. The Morgan fingerprint density at radius 1 is 1.33 bits per heavy atom. The average molecular weight is 265 g/mol. The minimum absolute atomic E-state index is 0.139. The highest BCUT2D eigenvalue weighted by atomic mass is 35.7. The van der Waals surface area contributed by atoms with Crippen molar-refractivity contribution >= 4 is 35.2 Å². The maximum Gasteiger partial charge on any atom is 0.222 e. The molecule has 2 nitrogen and oxygen atoms in total. The normalized spacial score (nSPS) is 14.5. The largest absolute Gasteiger partial charge is 0.310 e. The Labute approximate surface area is 99.2 Å². The number of halogens is 2. The van der Waals surface area contributed by atoms with Gasteiger partial charge in [-0.3, -0.25) is 4.79 Å². The molecule has 82 valence electrons. The first-order chi connectivity index (χ1) is 7.09. The van der Waals surface area contributed by atoms with Crippen molar-refractivity contribution < 1.29 is 9.36 Å². The van der Waals surface area contributed by atoms with E-state index in [-0.39, 0.29) is 12.3 Å². The fourth-order valence-electron chi connectivity index (χ4n) is 1.42. The summed E-state index contributed by atoms with van der Waals surface area (Å²) in [5.74, 6) is -0.139. The van der Waals surface area contributed by atoms with E-state index in [2.05, 4.69) is 0 Å². The van der Waals surface area contributed by atoms with Crippen molar-refractivity contribution in [1.82, 2.24) is 0 Å². The number of carbonyl (C=O) groups is 1. The lowest BCUT2D eigenvalue weighted by Crippen LogP contribution is -2.05. The highest BCUT2D eigenvalue weighted by Gasteiger charge is 2.16. The fraction of sp³-hybridized carbons (Fsp3) is 0.300. The molecule has 0 aliphatic heterocycles. The third-order valence-corrected chi connectivity index (χ3v) is 3.52. The van der Waals surface area contributed by atoms with Crippen molar-refractivity contribution in [3.05, 3.63) is 35.9 Å². The molecule has 0 aromatic heterocycles. The summed E-state index contributed by atoms with van der Waals surface area (Å²) in [5, 5.41) is -0.427. The Hall–Kier alpha value is -0.300. The molecule has 2 atom stereocenters. The van der Waals surface area contributed by atoms with E-state index in [1.807, 2.05) is 30.3 Å². The monoisotopic (exact) mass is 264 g/mol. The van der Waals surface area contributed by atoms with Crippen molar-refractivity contribution in [2.45, 2.75) is 12.3 Å². The minimum atomic E-state index is -2.11. The first kappa shape index (κ1) is 12.8. The van der Waals surface area contributed by atoms with E-state index in [0.29, 0.717) is 6.16 Å². The summed E-state index contributed by atoms with van der Waals surface area (Å²) in [6.07, 6.45) is 0.489. The minimum Gasteiger partial charge on any atom is -0.310 e. The van der Waals surface area contributed by atoms with Gasteiger partial charge in [-0.05, 0) is 23.1 Å². The quantitative estimate of drug-likeness (QED) is 0.601. The smallest absolute Gasteiger partial charge is 0.222 e. The Morgan fingerprint density at radius 2 is 1.93 bits per heavy atom. The summed E-state index contributed by atoms with van der Waals surface area (Å²) in [6, 6.07) is 9.38. The van der Waals surface area contributed by atoms with E-state index in [1.54, 1.807) is 0 Å². The maximum atomic E-state index is 11.0. The number of carbonyl (C=O) groups excluding carboxylic acids is 1. The molecule has 5 heteroatoms. The van der Waals surface area contributed by atoms with E-state index < -0.39 is 12.4 Å². The van der Waals surface area contributed by atoms with Crippen LogP contribution in [0, 0.1) is 0 Å². The fourth-order valence-corrected chi connectivity index (χ4v) is 2.93. The van der Waals surface area contributed by atoms with Crippen LogP contribution in [0.5, 0.6) is 0 Å². The SMILES string of the molecule is O=C(Cl)CC(C[PH](=O)Cl)c1ccccc1. The lowest BCUT2D eigenvalue weighted by Gasteiger charge is -2.13. The van der Waals surface area contributed by atoms with Crippen LogP contribution in [-0.2, 0) is 9.36 Å². The zero-order valence-electron chi connectivity index (χ0n) is 7.95. The zero-order chi connectivity index (χ0) is 11.3. The van der Waals surface area contributed by atoms with E-state index in [9.17, 15) is 9.36 Å². The summed E-state index contributed by atoms with van der Waals surface area (Å²) in [5.41, 5.74) is 0.950. The Bertz CT molecular complexity index is 338. The van der Waals surface area contributed by atoms with Gasteiger partial charge in [0.1, 0.15) is 0 Å². The molecule has 0 spiro atoms. The molecule has 0 amide bonds. The molecule has 1 aromatic carbocycles. The van der Waals surface area contributed by atoms with Crippen LogP contribution in [0.3, 0.4) is 0 Å². The summed E-state index contributed by atoms with van der Waals surface area (Å²) in [7, 11) is -2.11. The van der Waals surface area contributed by atoms with Crippen molar-refractivity contribution in [2.75, 3.05) is 6.16 Å². The van der Waals surface area contributed by atoms with E-state index in [1.165, 1.54) is 0 Å². The Kier molecular flexibility index (Phi) is 5.38. The molecule has 0 aliphatic carbocycles. The van der Waals surface area contributed by atoms with Crippen LogP contribution in [0.15, 0.2) is 30.3 Å². The standard InChI is InChI=1S/C10H11Cl2O2P/c11-10(13)6-9(7-15(12)14)8-4-2-1-3-5-8/h1-5,9,15H,6-7H2. The van der Waals surface area contributed by atoms with Crippen LogP contribution in [0.25, 0.3) is 0 Å². The van der Waals surface area contributed by atoms with Gasteiger partial charge in [0.2, 0.25) is 5.24 Å². The van der Waals surface area contributed by atoms with Gasteiger partial charge in [-0.2, -0.15) is 0 Å². The molecule has 0 heterocycles. The second kappa shape index (κ2) is 6.32. The number of hydrogen-bond acceptors (Lipinski definition) is 2. The molecular weight excluding hydrogens is 254 g/mol. The highest BCUT2D eigenvalue weighted by molar-refractivity contribution is 7.73. The lowest BCUT2D eigenvalue weighted by molar-refractivity contribution is -0.111. The van der Waals surface area contributed by atoms with Crippen LogP contribution < -0.4 is 0 Å². The van der Waals surface area contributed by atoms with Crippen LogP contribution in [0.1, 0.15) is 17.9 Å². The van der Waals surface area contributed by atoms with Gasteiger partial charge >= 0.3 is 0 Å². The van der Waals surface area contributed by atoms with E-state index in [4.69, 9.17) is 22.8 Å². The Balaban J connectivity index is 2.81. The topological polar surface area (TPSA) is 34.1 Å². The van der Waals surface area contributed by atoms with Gasteiger partial charge in [0.15, 0.2) is 7.15 Å². The van der Waals surface area contributed by atoms with Crippen LogP contribution in [0.2, 0.25) is 0 Å². The molecule has 0 saturated heterocycles. The molecule has 0 saturated carbocycles. The van der Waals surface area contributed by atoms with Crippen LogP contribution in [0.4, 0.5) is 0 Å². The van der Waals surface area contributed by atoms with E-state index in [0.717, 1.165) is 5.56 Å². The van der Waals surface area contributed by atoms with Gasteiger partial charge in [0, 0.05) is 12.6 Å². The first-order valence-electron chi connectivity index (χ1n) is 4.51. The number of hydrogen-bond donors (Lipinski definition) is 0. The molecule has 1 aromatic rings. The van der Waals surface area contributed by atoms with Crippen LogP contribution in [-0.4, -0.2) is 11.4 Å². The molecule has 0 bridgehead atoms. The lowest BCUT2D eigenvalue weighted by atomic mass is 9.98. The molecular formula is C10H11Cl2O2P. The third kappa shape index (κ3) is 4.83. The number of benzene rings is 1. The second-order valence-corrected chi connectivity index (χ2v) is 6.03. The summed E-state index contributed by atoms with van der Waals surface area (Å²) >= 11 is 10.8. The molecule has 15 heavy (non-hydrogen) atoms. The number of rotatable bonds is 5. The molecule has 2 unspecified atom stereocenters.